The predicted molar refractivity (Wildman–Crippen MR) is 67.3 cm³/mol. The Labute approximate surface area is 99.7 Å². The zero-order chi connectivity index (χ0) is 11.1. The molecule has 1 rings (SSSR count). The fourth-order valence-corrected chi connectivity index (χ4v) is 3.12. The Balaban J connectivity index is 2.62. The fraction of sp³-hybridized carbons (Fsp3) is 0.636. The van der Waals surface area contributed by atoms with Crippen LogP contribution >= 0.6 is 23.1 Å². The monoisotopic (exact) mass is 240 g/mol. The Kier molecular flexibility index (Phi) is 5.74. The summed E-state index contributed by atoms with van der Waals surface area (Å²) in [4.78, 5) is 5.33. The predicted octanol–water partition coefficient (Wildman–Crippen LogP) is 3.61. The molecule has 1 aromatic rings. The van der Waals surface area contributed by atoms with E-state index in [0.717, 1.165) is 34.2 Å². The maximum absolute atomic E-state index is 8.94. The van der Waals surface area contributed by atoms with Crippen LogP contribution in [0.2, 0.25) is 0 Å². The van der Waals surface area contributed by atoms with Gasteiger partial charge >= 0.3 is 0 Å². The Bertz CT molecular complexity index is 339. The summed E-state index contributed by atoms with van der Waals surface area (Å²) in [6.45, 7) is 4.30. The summed E-state index contributed by atoms with van der Waals surface area (Å²) in [5.74, 6) is 2.13. The van der Waals surface area contributed by atoms with Crippen LogP contribution in [0.3, 0.4) is 0 Å². The molecule has 0 fully saturated rings. The normalized spacial score (nSPS) is 10.2. The van der Waals surface area contributed by atoms with Crippen LogP contribution in [0.5, 0.6) is 0 Å². The van der Waals surface area contributed by atoms with Gasteiger partial charge in [-0.15, -0.1) is 11.3 Å². The Morgan fingerprint density at radius 1 is 1.40 bits per heavy atom. The molecule has 0 unspecified atom stereocenters. The molecular formula is C11H16N2S2. The fourth-order valence-electron chi connectivity index (χ4n) is 1.26. The molecule has 2 nitrogen and oxygen atoms in total. The number of rotatable bonds is 6. The first-order valence-electron chi connectivity index (χ1n) is 5.28. The largest absolute Gasteiger partial charge is 0.244 e. The van der Waals surface area contributed by atoms with Crippen molar-refractivity contribution in [1.82, 2.24) is 4.98 Å². The summed E-state index contributed by atoms with van der Waals surface area (Å²) in [5.41, 5.74) is 0.997. The summed E-state index contributed by atoms with van der Waals surface area (Å²) in [5, 5.41) is 10.0. The van der Waals surface area contributed by atoms with E-state index in [1.54, 1.807) is 11.3 Å². The van der Waals surface area contributed by atoms with Gasteiger partial charge in [-0.2, -0.15) is 17.0 Å². The van der Waals surface area contributed by atoms with Gasteiger partial charge in [0.15, 0.2) is 0 Å². The van der Waals surface area contributed by atoms with Crippen LogP contribution in [0, 0.1) is 11.3 Å². The van der Waals surface area contributed by atoms with Crippen molar-refractivity contribution in [2.75, 3.05) is 5.75 Å². The molecule has 82 valence electrons. The molecule has 4 heteroatoms. The summed E-state index contributed by atoms with van der Waals surface area (Å²) >= 11 is 3.45. The zero-order valence-electron chi connectivity index (χ0n) is 9.25. The lowest BCUT2D eigenvalue weighted by Gasteiger charge is -1.94. The molecule has 0 aromatic carbocycles. The van der Waals surface area contributed by atoms with Crippen LogP contribution in [0.15, 0.2) is 0 Å². The van der Waals surface area contributed by atoms with Gasteiger partial charge in [0.05, 0.1) is 5.69 Å². The number of aromatic nitrogens is 1. The molecule has 1 aromatic heterocycles. The van der Waals surface area contributed by atoms with Crippen LogP contribution in [0.4, 0.5) is 0 Å². The molecule has 0 N–H and O–H groups in total. The Hall–Kier alpha value is -0.530. The number of thioether (sulfide) groups is 1. The average molecular weight is 240 g/mol. The minimum Gasteiger partial charge on any atom is -0.244 e. The lowest BCUT2D eigenvalue weighted by molar-refractivity contribution is 0.884. The Morgan fingerprint density at radius 3 is 2.80 bits per heavy atom. The van der Waals surface area contributed by atoms with Gasteiger partial charge in [-0.3, -0.25) is 0 Å². The van der Waals surface area contributed by atoms with E-state index >= 15 is 0 Å². The first-order chi connectivity index (χ1) is 7.31. The van der Waals surface area contributed by atoms with Gasteiger partial charge in [-0.25, -0.2) is 4.98 Å². The molecule has 15 heavy (non-hydrogen) atoms. The smallest absolute Gasteiger partial charge is 0.128 e. The first-order valence-corrected chi connectivity index (χ1v) is 7.25. The molecule has 1 heterocycles. The van der Waals surface area contributed by atoms with Crippen molar-refractivity contribution >= 4 is 23.1 Å². The highest BCUT2D eigenvalue weighted by molar-refractivity contribution is 7.98. The second-order valence-corrected chi connectivity index (χ2v) is 5.49. The highest BCUT2D eigenvalue weighted by atomic mass is 32.2. The zero-order valence-corrected chi connectivity index (χ0v) is 10.9. The van der Waals surface area contributed by atoms with E-state index in [-0.39, 0.29) is 0 Å². The molecule has 0 saturated heterocycles. The lowest BCUT2D eigenvalue weighted by atomic mass is 10.2. The molecule has 0 aliphatic carbocycles. The van der Waals surface area contributed by atoms with E-state index < -0.39 is 0 Å². The standard InChI is InChI=1S/C11H16N2S2/c1-3-5-9-10(7-12)15-11(13-9)8-14-6-4-2/h3-6,8H2,1-2H3. The minimum atomic E-state index is 0.809. The van der Waals surface area contributed by atoms with Gasteiger partial charge < -0.3 is 0 Å². The summed E-state index contributed by atoms with van der Waals surface area (Å²) in [6, 6.07) is 2.24. The van der Waals surface area contributed by atoms with E-state index in [1.165, 1.54) is 12.2 Å². The van der Waals surface area contributed by atoms with Crippen molar-refractivity contribution in [1.29, 1.82) is 5.26 Å². The second kappa shape index (κ2) is 6.86. The van der Waals surface area contributed by atoms with Crippen LogP contribution in [0.25, 0.3) is 0 Å². The highest BCUT2D eigenvalue weighted by Crippen LogP contribution is 2.23. The molecule has 0 radical (unpaired) electrons. The molecule has 0 atom stereocenters. The molecule has 0 aliphatic rings. The number of hydrogen-bond donors (Lipinski definition) is 0. The third kappa shape index (κ3) is 3.84. The third-order valence-corrected chi connectivity index (χ3v) is 4.26. The maximum atomic E-state index is 8.94. The van der Waals surface area contributed by atoms with E-state index in [2.05, 4.69) is 24.9 Å². The van der Waals surface area contributed by atoms with Crippen molar-refractivity contribution in [3.05, 3.63) is 15.6 Å². The van der Waals surface area contributed by atoms with Gasteiger partial charge in [0.25, 0.3) is 0 Å². The number of nitrogens with zero attached hydrogens (tertiary/aromatic N) is 2. The molecule has 0 bridgehead atoms. The van der Waals surface area contributed by atoms with Crippen LogP contribution in [-0.4, -0.2) is 10.7 Å². The lowest BCUT2D eigenvalue weighted by Crippen LogP contribution is -1.87. The maximum Gasteiger partial charge on any atom is 0.128 e. The van der Waals surface area contributed by atoms with E-state index in [4.69, 9.17) is 5.26 Å². The number of aryl methyl sites for hydroxylation is 1. The van der Waals surface area contributed by atoms with Crippen molar-refractivity contribution in [2.45, 2.75) is 38.9 Å². The van der Waals surface area contributed by atoms with Crippen molar-refractivity contribution in [3.63, 3.8) is 0 Å². The molecule has 0 aliphatic heterocycles. The molecule has 0 spiro atoms. The number of thiazole rings is 1. The average Bonchev–Trinajstić information content (AvgIpc) is 2.62. The van der Waals surface area contributed by atoms with E-state index in [9.17, 15) is 0 Å². The summed E-state index contributed by atoms with van der Waals surface area (Å²) in [7, 11) is 0. The summed E-state index contributed by atoms with van der Waals surface area (Å²) < 4.78 is 0. The number of hydrogen-bond acceptors (Lipinski definition) is 4. The summed E-state index contributed by atoms with van der Waals surface area (Å²) in [6.07, 6.45) is 3.18. The SMILES string of the molecule is CCCSCc1nc(CCC)c(C#N)s1. The Morgan fingerprint density at radius 2 is 2.20 bits per heavy atom. The van der Waals surface area contributed by atoms with E-state index in [1.807, 2.05) is 11.8 Å². The van der Waals surface area contributed by atoms with E-state index in [0.29, 0.717) is 0 Å². The molecule has 0 saturated carbocycles. The van der Waals surface area contributed by atoms with Crippen molar-refractivity contribution < 1.29 is 0 Å². The van der Waals surface area contributed by atoms with Crippen LogP contribution in [0.1, 0.15) is 42.3 Å². The van der Waals surface area contributed by atoms with Crippen LogP contribution < -0.4 is 0 Å². The topological polar surface area (TPSA) is 36.7 Å². The molecular weight excluding hydrogens is 224 g/mol. The second-order valence-electron chi connectivity index (χ2n) is 3.30. The van der Waals surface area contributed by atoms with Gasteiger partial charge in [0.1, 0.15) is 16.0 Å². The highest BCUT2D eigenvalue weighted by Gasteiger charge is 2.09. The number of nitriles is 1. The quantitative estimate of drug-likeness (QED) is 0.713. The van der Waals surface area contributed by atoms with Gasteiger partial charge in [0, 0.05) is 5.75 Å². The first kappa shape index (κ1) is 12.5. The van der Waals surface area contributed by atoms with Gasteiger partial charge in [0.2, 0.25) is 0 Å². The third-order valence-electron chi connectivity index (χ3n) is 1.90. The van der Waals surface area contributed by atoms with Crippen LogP contribution in [-0.2, 0) is 12.2 Å². The molecule has 0 amide bonds. The van der Waals surface area contributed by atoms with Gasteiger partial charge in [-0.1, -0.05) is 20.3 Å². The minimum absolute atomic E-state index is 0.809. The van der Waals surface area contributed by atoms with Crippen molar-refractivity contribution in [3.8, 4) is 6.07 Å². The van der Waals surface area contributed by atoms with Gasteiger partial charge in [-0.05, 0) is 18.6 Å². The van der Waals surface area contributed by atoms with Crippen molar-refractivity contribution in [2.24, 2.45) is 0 Å².